The van der Waals surface area contributed by atoms with E-state index in [1.165, 1.54) is 11.1 Å². The molecule has 1 nitrogen and oxygen atoms in total. The Hall–Kier alpha value is -1.60. The van der Waals surface area contributed by atoms with Crippen LogP contribution in [0.15, 0.2) is 53.5 Å². The van der Waals surface area contributed by atoms with E-state index in [1.54, 1.807) is 0 Å². The molecule has 2 aromatic rings. The largest absolute Gasteiger partial charge is 0.235 e. The predicted octanol–water partition coefficient (Wildman–Crippen LogP) is 6.25. The van der Waals surface area contributed by atoms with Gasteiger partial charge < -0.3 is 0 Å². The molecule has 0 aliphatic heterocycles. The van der Waals surface area contributed by atoms with Gasteiger partial charge >= 0.3 is 0 Å². The maximum absolute atomic E-state index is 6.44. The monoisotopic (exact) mass is 299 g/mol. The Morgan fingerprint density at radius 3 is 1.81 bits per heavy atom. The molecule has 0 heterocycles. The zero-order chi connectivity index (χ0) is 15.4. The molecule has 0 amide bonds. The van der Waals surface area contributed by atoms with Gasteiger partial charge in [-0.3, -0.25) is 0 Å². The van der Waals surface area contributed by atoms with E-state index < -0.39 is 0 Å². The van der Waals surface area contributed by atoms with Crippen LogP contribution in [0.3, 0.4) is 0 Å². The molecule has 21 heavy (non-hydrogen) atoms. The Morgan fingerprint density at radius 2 is 1.33 bits per heavy atom. The summed E-state index contributed by atoms with van der Waals surface area (Å²) in [5.41, 5.74) is 4.47. The van der Waals surface area contributed by atoms with Crippen molar-refractivity contribution in [3.05, 3.63) is 65.2 Å². The van der Waals surface area contributed by atoms with Crippen LogP contribution < -0.4 is 0 Å². The molecule has 0 saturated heterocycles. The van der Waals surface area contributed by atoms with Crippen molar-refractivity contribution in [2.75, 3.05) is 0 Å². The number of nitrogens with zero attached hydrogens (tertiary/aromatic N) is 1. The summed E-state index contributed by atoms with van der Waals surface area (Å²) in [6, 6.07) is 16.3. The van der Waals surface area contributed by atoms with Gasteiger partial charge in [0.25, 0.3) is 0 Å². The SMILES string of the molecule is CC(C)c1cccc(C(C)C)c1N=C(Cl)c1ccccc1. The summed E-state index contributed by atoms with van der Waals surface area (Å²) >= 11 is 6.44. The number of para-hydroxylation sites is 1. The lowest BCUT2D eigenvalue weighted by Crippen LogP contribution is -1.98. The van der Waals surface area contributed by atoms with Crippen molar-refractivity contribution in [1.29, 1.82) is 0 Å². The van der Waals surface area contributed by atoms with Gasteiger partial charge in [0.05, 0.1) is 5.69 Å². The first-order chi connectivity index (χ1) is 10.0. The first kappa shape index (κ1) is 15.8. The molecule has 0 unspecified atom stereocenters. The molecule has 110 valence electrons. The van der Waals surface area contributed by atoms with Crippen molar-refractivity contribution in [2.45, 2.75) is 39.5 Å². The number of hydrogen-bond acceptors (Lipinski definition) is 1. The number of rotatable bonds is 4. The summed E-state index contributed by atoms with van der Waals surface area (Å²) in [5.74, 6) is 0.838. The van der Waals surface area contributed by atoms with Crippen molar-refractivity contribution in [1.82, 2.24) is 0 Å². The standard InChI is InChI=1S/C19H22ClN/c1-13(2)16-11-8-12-17(14(3)4)18(16)21-19(20)15-9-6-5-7-10-15/h5-14H,1-4H3. The maximum Gasteiger partial charge on any atom is 0.136 e. The smallest absolute Gasteiger partial charge is 0.136 e. The van der Waals surface area contributed by atoms with Crippen LogP contribution in [-0.2, 0) is 0 Å². The molecule has 0 fully saturated rings. The second-order valence-electron chi connectivity index (χ2n) is 5.86. The van der Waals surface area contributed by atoms with Crippen molar-refractivity contribution in [3.63, 3.8) is 0 Å². The van der Waals surface area contributed by atoms with E-state index in [0.717, 1.165) is 11.3 Å². The van der Waals surface area contributed by atoms with Gasteiger partial charge in [-0.2, -0.15) is 0 Å². The minimum absolute atomic E-state index is 0.419. The second kappa shape index (κ2) is 6.91. The highest BCUT2D eigenvalue weighted by molar-refractivity contribution is 6.69. The summed E-state index contributed by atoms with van der Waals surface area (Å²) in [6.45, 7) is 8.76. The molecule has 0 aromatic heterocycles. The van der Waals surface area contributed by atoms with Crippen molar-refractivity contribution >= 4 is 22.5 Å². The number of hydrogen-bond donors (Lipinski definition) is 0. The number of aliphatic imine (C=N–C) groups is 1. The lowest BCUT2D eigenvalue weighted by Gasteiger charge is -2.16. The van der Waals surface area contributed by atoms with Crippen LogP contribution in [0.2, 0.25) is 0 Å². The third kappa shape index (κ3) is 3.74. The van der Waals surface area contributed by atoms with Crippen LogP contribution >= 0.6 is 11.6 Å². The van der Waals surface area contributed by atoms with Gasteiger partial charge in [-0.15, -0.1) is 0 Å². The first-order valence-electron chi connectivity index (χ1n) is 7.43. The summed E-state index contributed by atoms with van der Waals surface area (Å²) in [7, 11) is 0. The molecule has 0 atom stereocenters. The second-order valence-corrected chi connectivity index (χ2v) is 6.22. The van der Waals surface area contributed by atoms with Gasteiger partial charge in [0.2, 0.25) is 0 Å². The average molecular weight is 300 g/mol. The number of benzene rings is 2. The highest BCUT2D eigenvalue weighted by Gasteiger charge is 2.14. The first-order valence-corrected chi connectivity index (χ1v) is 7.81. The molecular weight excluding hydrogens is 278 g/mol. The molecule has 0 spiro atoms. The van der Waals surface area contributed by atoms with Crippen LogP contribution in [0.4, 0.5) is 5.69 Å². The highest BCUT2D eigenvalue weighted by Crippen LogP contribution is 2.35. The quantitative estimate of drug-likeness (QED) is 0.592. The van der Waals surface area contributed by atoms with Crippen LogP contribution in [0.1, 0.15) is 56.2 Å². The zero-order valence-electron chi connectivity index (χ0n) is 13.1. The van der Waals surface area contributed by atoms with Crippen LogP contribution in [0, 0.1) is 0 Å². The average Bonchev–Trinajstić information content (AvgIpc) is 2.47. The van der Waals surface area contributed by atoms with E-state index in [-0.39, 0.29) is 0 Å². The Balaban J connectivity index is 2.56. The molecule has 0 saturated carbocycles. The summed E-state index contributed by atoms with van der Waals surface area (Å²) < 4.78 is 0. The fourth-order valence-electron chi connectivity index (χ4n) is 2.38. The Morgan fingerprint density at radius 1 is 0.810 bits per heavy atom. The highest BCUT2D eigenvalue weighted by atomic mass is 35.5. The van der Waals surface area contributed by atoms with Crippen LogP contribution in [-0.4, -0.2) is 5.17 Å². The fourth-order valence-corrected chi connectivity index (χ4v) is 2.59. The van der Waals surface area contributed by atoms with Crippen molar-refractivity contribution < 1.29 is 0 Å². The maximum atomic E-state index is 6.44. The molecule has 0 radical (unpaired) electrons. The van der Waals surface area contributed by atoms with Gasteiger partial charge in [-0.25, -0.2) is 4.99 Å². The van der Waals surface area contributed by atoms with Gasteiger partial charge in [0.15, 0.2) is 0 Å². The predicted molar refractivity (Wildman–Crippen MR) is 93.1 cm³/mol. The Kier molecular flexibility index (Phi) is 5.19. The lowest BCUT2D eigenvalue weighted by atomic mass is 9.93. The van der Waals surface area contributed by atoms with E-state index in [4.69, 9.17) is 16.6 Å². The minimum Gasteiger partial charge on any atom is -0.235 e. The zero-order valence-corrected chi connectivity index (χ0v) is 13.9. The lowest BCUT2D eigenvalue weighted by molar-refractivity contribution is 0.835. The van der Waals surface area contributed by atoms with Crippen molar-refractivity contribution in [2.24, 2.45) is 4.99 Å². The van der Waals surface area contributed by atoms with E-state index in [9.17, 15) is 0 Å². The fraction of sp³-hybridized carbons (Fsp3) is 0.316. The van der Waals surface area contributed by atoms with Gasteiger partial charge in [0, 0.05) is 5.56 Å². The van der Waals surface area contributed by atoms with Gasteiger partial charge in [-0.05, 0) is 23.0 Å². The molecule has 2 rings (SSSR count). The van der Waals surface area contributed by atoms with Gasteiger partial charge in [-0.1, -0.05) is 87.8 Å². The Labute approximate surface area is 132 Å². The van der Waals surface area contributed by atoms with Crippen molar-refractivity contribution in [3.8, 4) is 0 Å². The van der Waals surface area contributed by atoms with E-state index in [2.05, 4.69) is 45.9 Å². The molecule has 2 aromatic carbocycles. The normalized spacial score (nSPS) is 12.2. The summed E-state index contributed by atoms with van der Waals surface area (Å²) in [4.78, 5) is 4.75. The van der Waals surface area contributed by atoms with E-state index in [0.29, 0.717) is 17.0 Å². The molecular formula is C19H22ClN. The van der Waals surface area contributed by atoms with Gasteiger partial charge in [0.1, 0.15) is 5.17 Å². The van der Waals surface area contributed by atoms with E-state index >= 15 is 0 Å². The molecule has 0 aliphatic carbocycles. The Bertz CT molecular complexity index is 601. The van der Waals surface area contributed by atoms with E-state index in [1.807, 2.05) is 30.3 Å². The molecule has 0 N–H and O–H groups in total. The van der Waals surface area contributed by atoms with Crippen LogP contribution in [0.5, 0.6) is 0 Å². The molecule has 0 bridgehead atoms. The minimum atomic E-state index is 0.419. The topological polar surface area (TPSA) is 12.4 Å². The third-order valence-corrected chi connectivity index (χ3v) is 3.87. The molecule has 0 aliphatic rings. The summed E-state index contributed by atoms with van der Waals surface area (Å²) in [6.07, 6.45) is 0. The third-order valence-electron chi connectivity index (χ3n) is 3.56. The number of halogens is 1. The summed E-state index contributed by atoms with van der Waals surface area (Å²) in [5, 5.41) is 0.547. The van der Waals surface area contributed by atoms with Crippen LogP contribution in [0.25, 0.3) is 0 Å². The molecule has 2 heteroatoms.